The zero-order valence-corrected chi connectivity index (χ0v) is 13.1. The molecule has 0 aliphatic carbocycles. The van der Waals surface area contributed by atoms with Gasteiger partial charge in [0.2, 0.25) is 0 Å². The average Bonchev–Trinajstić information content (AvgIpc) is 2.43. The lowest BCUT2D eigenvalue weighted by atomic mass is 9.94. The van der Waals surface area contributed by atoms with Gasteiger partial charge in [0.1, 0.15) is 5.82 Å². The molecule has 1 aromatic carbocycles. The number of aliphatic hydroxyl groups is 1. The van der Waals surface area contributed by atoms with Crippen molar-refractivity contribution in [1.82, 2.24) is 5.32 Å². The summed E-state index contributed by atoms with van der Waals surface area (Å²) in [5, 5.41) is 11.5. The van der Waals surface area contributed by atoms with E-state index in [1.807, 2.05) is 13.8 Å². The van der Waals surface area contributed by atoms with Crippen LogP contribution in [0.5, 0.6) is 0 Å². The van der Waals surface area contributed by atoms with E-state index in [1.54, 1.807) is 0 Å². The first kappa shape index (κ1) is 19.4. The average molecular weight is 335 g/mol. The molecule has 0 aliphatic heterocycles. The van der Waals surface area contributed by atoms with E-state index >= 15 is 0 Å². The number of benzene rings is 1. The van der Waals surface area contributed by atoms with Crippen LogP contribution in [0.1, 0.15) is 42.6 Å². The Labute approximate surface area is 132 Å². The molecule has 0 saturated carbocycles. The fraction of sp³-hybridized carbons (Fsp3) is 0.562. The van der Waals surface area contributed by atoms with E-state index in [2.05, 4.69) is 5.32 Å². The standard InChI is InChI=1S/C16H21F4NO2/c1-10(2)8-11(6-7-22)9-21-15(23)12-4-3-5-13(14(12)17)16(18,19)20/h3-5,10-11,22H,6-9H2,1-2H3,(H,21,23). The van der Waals surface area contributed by atoms with Gasteiger partial charge in [-0.25, -0.2) is 4.39 Å². The van der Waals surface area contributed by atoms with Gasteiger partial charge in [-0.1, -0.05) is 19.9 Å². The number of hydrogen-bond acceptors (Lipinski definition) is 2. The molecule has 0 aliphatic rings. The van der Waals surface area contributed by atoms with E-state index in [-0.39, 0.29) is 19.1 Å². The minimum absolute atomic E-state index is 0.0159. The van der Waals surface area contributed by atoms with Gasteiger partial charge < -0.3 is 10.4 Å². The second-order valence-corrected chi connectivity index (χ2v) is 5.88. The number of halogens is 4. The van der Waals surface area contributed by atoms with Gasteiger partial charge in [0.15, 0.2) is 0 Å². The first-order chi connectivity index (χ1) is 10.7. The lowest BCUT2D eigenvalue weighted by molar-refractivity contribution is -0.140. The molecule has 23 heavy (non-hydrogen) atoms. The Hall–Kier alpha value is -1.63. The maximum absolute atomic E-state index is 13.9. The molecule has 3 nitrogen and oxygen atoms in total. The molecule has 0 spiro atoms. The fourth-order valence-electron chi connectivity index (χ4n) is 2.41. The molecule has 130 valence electrons. The number of carbonyl (C=O) groups is 1. The van der Waals surface area contributed by atoms with Gasteiger partial charge in [0, 0.05) is 13.2 Å². The van der Waals surface area contributed by atoms with Crippen molar-refractivity contribution in [2.24, 2.45) is 11.8 Å². The van der Waals surface area contributed by atoms with Gasteiger partial charge in [-0.2, -0.15) is 13.2 Å². The summed E-state index contributed by atoms with van der Waals surface area (Å²) in [5.74, 6) is -2.13. The Kier molecular flexibility index (Phi) is 7.00. The molecule has 0 saturated heterocycles. The van der Waals surface area contributed by atoms with Gasteiger partial charge in [-0.05, 0) is 36.8 Å². The Morgan fingerprint density at radius 2 is 1.96 bits per heavy atom. The Morgan fingerprint density at radius 3 is 2.48 bits per heavy atom. The van der Waals surface area contributed by atoms with Crippen molar-refractivity contribution in [3.8, 4) is 0 Å². The third-order valence-electron chi connectivity index (χ3n) is 3.44. The molecule has 1 rings (SSSR count). The summed E-state index contributed by atoms with van der Waals surface area (Å²) in [7, 11) is 0. The lowest BCUT2D eigenvalue weighted by Gasteiger charge is -2.19. The van der Waals surface area contributed by atoms with E-state index in [4.69, 9.17) is 5.11 Å². The highest BCUT2D eigenvalue weighted by atomic mass is 19.4. The number of amides is 1. The summed E-state index contributed by atoms with van der Waals surface area (Å²) in [6.45, 7) is 4.09. The van der Waals surface area contributed by atoms with E-state index in [1.165, 1.54) is 0 Å². The van der Waals surface area contributed by atoms with E-state index < -0.39 is 29.0 Å². The van der Waals surface area contributed by atoms with Crippen LogP contribution in [0.15, 0.2) is 18.2 Å². The van der Waals surface area contributed by atoms with Crippen molar-refractivity contribution in [3.05, 3.63) is 35.1 Å². The number of rotatable bonds is 7. The Morgan fingerprint density at radius 1 is 1.30 bits per heavy atom. The highest BCUT2D eigenvalue weighted by Crippen LogP contribution is 2.32. The van der Waals surface area contributed by atoms with Gasteiger partial charge in [-0.15, -0.1) is 0 Å². The molecule has 1 amide bonds. The van der Waals surface area contributed by atoms with Crippen LogP contribution < -0.4 is 5.32 Å². The van der Waals surface area contributed by atoms with Crippen LogP contribution in [-0.2, 0) is 6.18 Å². The highest BCUT2D eigenvalue weighted by Gasteiger charge is 2.35. The molecule has 1 unspecified atom stereocenters. The normalized spacial score (nSPS) is 13.2. The molecule has 0 radical (unpaired) electrons. The predicted molar refractivity (Wildman–Crippen MR) is 78.4 cm³/mol. The summed E-state index contributed by atoms with van der Waals surface area (Å²) < 4.78 is 51.8. The van der Waals surface area contributed by atoms with E-state index in [0.717, 1.165) is 18.6 Å². The quantitative estimate of drug-likeness (QED) is 0.748. The van der Waals surface area contributed by atoms with Crippen LogP contribution in [0.2, 0.25) is 0 Å². The molecule has 1 atom stereocenters. The van der Waals surface area contributed by atoms with Gasteiger partial charge in [-0.3, -0.25) is 4.79 Å². The van der Waals surface area contributed by atoms with Crippen molar-refractivity contribution in [1.29, 1.82) is 0 Å². The Balaban J connectivity index is 2.82. The summed E-state index contributed by atoms with van der Waals surface area (Å²) in [6.07, 6.45) is -3.65. The molecular formula is C16H21F4NO2. The van der Waals surface area contributed by atoms with Crippen molar-refractivity contribution < 1.29 is 27.5 Å². The fourth-order valence-corrected chi connectivity index (χ4v) is 2.41. The molecule has 1 aromatic rings. The second-order valence-electron chi connectivity index (χ2n) is 5.88. The van der Waals surface area contributed by atoms with E-state index in [0.29, 0.717) is 18.4 Å². The molecular weight excluding hydrogens is 314 g/mol. The van der Waals surface area contributed by atoms with Crippen molar-refractivity contribution >= 4 is 5.91 Å². The van der Waals surface area contributed by atoms with Crippen LogP contribution in [0, 0.1) is 17.7 Å². The summed E-state index contributed by atoms with van der Waals surface area (Å²) in [6, 6.07) is 2.61. The SMILES string of the molecule is CC(C)CC(CCO)CNC(=O)c1cccc(C(F)(F)F)c1F. The van der Waals surface area contributed by atoms with Gasteiger partial charge >= 0.3 is 6.18 Å². The molecule has 0 fully saturated rings. The number of alkyl halides is 3. The number of nitrogens with one attached hydrogen (secondary N) is 1. The third kappa shape index (κ3) is 5.82. The minimum atomic E-state index is -4.85. The zero-order valence-electron chi connectivity index (χ0n) is 13.1. The largest absolute Gasteiger partial charge is 0.419 e. The summed E-state index contributed by atoms with van der Waals surface area (Å²) >= 11 is 0. The summed E-state index contributed by atoms with van der Waals surface area (Å²) in [5.41, 5.74) is -2.09. The Bertz CT molecular complexity index is 529. The first-order valence-corrected chi connectivity index (χ1v) is 7.41. The maximum atomic E-state index is 13.9. The number of aliphatic hydroxyl groups excluding tert-OH is 1. The zero-order chi connectivity index (χ0) is 17.6. The van der Waals surface area contributed by atoms with Crippen molar-refractivity contribution in [2.75, 3.05) is 13.2 Å². The molecule has 2 N–H and O–H groups in total. The first-order valence-electron chi connectivity index (χ1n) is 7.41. The number of hydrogen-bond donors (Lipinski definition) is 2. The maximum Gasteiger partial charge on any atom is 0.419 e. The predicted octanol–water partition coefficient (Wildman–Crippen LogP) is 3.62. The number of carbonyl (C=O) groups excluding carboxylic acids is 1. The monoisotopic (exact) mass is 335 g/mol. The van der Waals surface area contributed by atoms with Gasteiger partial charge in [0.05, 0.1) is 11.1 Å². The van der Waals surface area contributed by atoms with Crippen LogP contribution >= 0.6 is 0 Å². The molecule has 7 heteroatoms. The van der Waals surface area contributed by atoms with Crippen LogP contribution in [0.4, 0.5) is 17.6 Å². The molecule has 0 aromatic heterocycles. The van der Waals surface area contributed by atoms with Gasteiger partial charge in [0.25, 0.3) is 5.91 Å². The van der Waals surface area contributed by atoms with Crippen LogP contribution in [0.3, 0.4) is 0 Å². The van der Waals surface area contributed by atoms with Crippen molar-refractivity contribution in [3.63, 3.8) is 0 Å². The van der Waals surface area contributed by atoms with E-state index in [9.17, 15) is 22.4 Å². The molecule has 0 heterocycles. The second kappa shape index (κ2) is 8.29. The summed E-state index contributed by atoms with van der Waals surface area (Å²) in [4.78, 5) is 12.0. The third-order valence-corrected chi connectivity index (χ3v) is 3.44. The molecule has 0 bridgehead atoms. The lowest BCUT2D eigenvalue weighted by Crippen LogP contribution is -2.31. The van der Waals surface area contributed by atoms with Crippen molar-refractivity contribution in [2.45, 2.75) is 32.9 Å². The highest BCUT2D eigenvalue weighted by molar-refractivity contribution is 5.94. The minimum Gasteiger partial charge on any atom is -0.396 e. The van der Waals surface area contributed by atoms with Crippen LogP contribution in [0.25, 0.3) is 0 Å². The smallest absolute Gasteiger partial charge is 0.396 e. The topological polar surface area (TPSA) is 49.3 Å². The van der Waals surface area contributed by atoms with Crippen LogP contribution in [-0.4, -0.2) is 24.2 Å².